The maximum atomic E-state index is 14.1. The number of methoxy groups -OCH3 is 1. The van der Waals surface area contributed by atoms with Gasteiger partial charge in [0, 0.05) is 16.8 Å². The number of rotatable bonds is 7. The van der Waals surface area contributed by atoms with E-state index in [1.807, 2.05) is 13.8 Å². The molecule has 0 aliphatic carbocycles. The summed E-state index contributed by atoms with van der Waals surface area (Å²) in [5, 5.41) is 11.3. The third kappa shape index (κ3) is 4.75. The highest BCUT2D eigenvalue weighted by Crippen LogP contribution is 2.45. The molecule has 1 unspecified atom stereocenters. The lowest BCUT2D eigenvalue weighted by Crippen LogP contribution is -2.29. The average molecular weight is 476 g/mol. The van der Waals surface area contributed by atoms with Crippen molar-refractivity contribution in [2.45, 2.75) is 19.9 Å². The number of ether oxygens (including phenoxy) is 2. The van der Waals surface area contributed by atoms with E-state index in [1.54, 1.807) is 48.5 Å². The van der Waals surface area contributed by atoms with Crippen molar-refractivity contribution in [3.05, 3.63) is 95.3 Å². The predicted octanol–water partition coefficient (Wildman–Crippen LogP) is 5.50. The topological polar surface area (TPSA) is 76.1 Å². The van der Waals surface area contributed by atoms with E-state index in [9.17, 15) is 19.1 Å². The number of aliphatic hydroxyl groups excluding tert-OH is 1. The molecule has 35 heavy (non-hydrogen) atoms. The highest BCUT2D eigenvalue weighted by molar-refractivity contribution is 6.51. The molecule has 1 aliphatic heterocycles. The van der Waals surface area contributed by atoms with Gasteiger partial charge in [0.2, 0.25) is 0 Å². The normalized spacial score (nSPS) is 17.2. The zero-order valence-corrected chi connectivity index (χ0v) is 19.7. The lowest BCUT2D eigenvalue weighted by Gasteiger charge is -2.26. The van der Waals surface area contributed by atoms with Crippen LogP contribution in [-0.4, -0.2) is 30.5 Å². The van der Waals surface area contributed by atoms with Crippen molar-refractivity contribution >= 4 is 23.1 Å². The first-order valence-corrected chi connectivity index (χ1v) is 11.2. The number of aliphatic hydroxyl groups is 1. The van der Waals surface area contributed by atoms with Gasteiger partial charge in [-0.1, -0.05) is 50.2 Å². The van der Waals surface area contributed by atoms with Crippen LogP contribution in [0.5, 0.6) is 11.5 Å². The summed E-state index contributed by atoms with van der Waals surface area (Å²) in [6.45, 7) is 4.52. The van der Waals surface area contributed by atoms with Crippen LogP contribution in [0.25, 0.3) is 5.76 Å². The molecule has 6 nitrogen and oxygen atoms in total. The Bertz CT molecular complexity index is 1300. The van der Waals surface area contributed by atoms with Crippen LogP contribution in [0.15, 0.2) is 78.4 Å². The van der Waals surface area contributed by atoms with Crippen molar-refractivity contribution in [3.8, 4) is 11.5 Å². The molecule has 0 radical (unpaired) electrons. The molecule has 180 valence electrons. The minimum absolute atomic E-state index is 0.121. The Balaban J connectivity index is 1.91. The second-order valence-electron chi connectivity index (χ2n) is 8.62. The fraction of sp³-hybridized carbons (Fsp3) is 0.214. The molecular weight excluding hydrogens is 449 g/mol. The van der Waals surface area contributed by atoms with E-state index in [0.717, 1.165) is 0 Å². The summed E-state index contributed by atoms with van der Waals surface area (Å²) >= 11 is 0. The fourth-order valence-corrected chi connectivity index (χ4v) is 4.06. The van der Waals surface area contributed by atoms with Crippen LogP contribution in [0.2, 0.25) is 0 Å². The highest BCUT2D eigenvalue weighted by atomic mass is 19.1. The van der Waals surface area contributed by atoms with Crippen LogP contribution in [0.1, 0.15) is 31.0 Å². The minimum Gasteiger partial charge on any atom is -0.507 e. The Morgan fingerprint density at radius 3 is 2.49 bits per heavy atom. The summed E-state index contributed by atoms with van der Waals surface area (Å²) in [5.41, 5.74) is 0.872. The van der Waals surface area contributed by atoms with Crippen molar-refractivity contribution in [2.24, 2.45) is 5.92 Å². The summed E-state index contributed by atoms with van der Waals surface area (Å²) in [4.78, 5) is 27.7. The molecule has 4 rings (SSSR count). The molecule has 3 aromatic carbocycles. The molecule has 0 saturated carbocycles. The van der Waals surface area contributed by atoms with E-state index in [0.29, 0.717) is 35.2 Å². The quantitative estimate of drug-likeness (QED) is 0.278. The van der Waals surface area contributed by atoms with Gasteiger partial charge < -0.3 is 14.6 Å². The molecule has 1 saturated heterocycles. The largest absolute Gasteiger partial charge is 0.507 e. The number of Topliss-reactive ketones (excluding diaryl/α,β-unsaturated/α-hetero) is 1. The SMILES string of the molecule is COc1ccccc1C1/C(=C(\O)c2cccc(OCC(C)C)c2)C(=O)C(=O)N1c1cccc(F)c1. The first-order valence-electron chi connectivity index (χ1n) is 11.2. The fourth-order valence-electron chi connectivity index (χ4n) is 4.06. The Morgan fingerprint density at radius 2 is 1.77 bits per heavy atom. The number of halogens is 1. The van der Waals surface area contributed by atoms with Crippen LogP contribution < -0.4 is 14.4 Å². The van der Waals surface area contributed by atoms with Crippen LogP contribution in [0.3, 0.4) is 0 Å². The van der Waals surface area contributed by atoms with E-state index >= 15 is 0 Å². The van der Waals surface area contributed by atoms with Crippen LogP contribution in [0.4, 0.5) is 10.1 Å². The molecule has 1 heterocycles. The number of carbonyl (C=O) groups excluding carboxylic acids is 2. The van der Waals surface area contributed by atoms with Gasteiger partial charge in [0.05, 0.1) is 25.3 Å². The molecule has 1 aliphatic rings. The molecule has 3 aromatic rings. The Kier molecular flexibility index (Phi) is 6.87. The number of ketones is 1. The Labute approximate surface area is 203 Å². The molecule has 7 heteroatoms. The van der Waals surface area contributed by atoms with Gasteiger partial charge in [-0.15, -0.1) is 0 Å². The van der Waals surface area contributed by atoms with Gasteiger partial charge in [-0.25, -0.2) is 4.39 Å². The van der Waals surface area contributed by atoms with Gasteiger partial charge in [0.15, 0.2) is 0 Å². The molecule has 1 amide bonds. The van der Waals surface area contributed by atoms with Gasteiger partial charge in [-0.2, -0.15) is 0 Å². The number of anilines is 1. The van der Waals surface area contributed by atoms with E-state index in [4.69, 9.17) is 9.47 Å². The zero-order valence-electron chi connectivity index (χ0n) is 19.7. The predicted molar refractivity (Wildman–Crippen MR) is 131 cm³/mol. The maximum absolute atomic E-state index is 14.1. The van der Waals surface area contributed by atoms with Crippen LogP contribution in [-0.2, 0) is 9.59 Å². The number of nitrogens with zero attached hydrogens (tertiary/aromatic N) is 1. The second kappa shape index (κ2) is 10.0. The third-order valence-electron chi connectivity index (χ3n) is 5.66. The van der Waals surface area contributed by atoms with Crippen molar-refractivity contribution < 1.29 is 28.6 Å². The Morgan fingerprint density at radius 1 is 1.03 bits per heavy atom. The zero-order chi connectivity index (χ0) is 25.1. The summed E-state index contributed by atoms with van der Waals surface area (Å²) in [6.07, 6.45) is 0. The monoisotopic (exact) mass is 475 g/mol. The van der Waals surface area contributed by atoms with E-state index in [2.05, 4.69) is 0 Å². The first kappa shape index (κ1) is 24.0. The number of hydrogen-bond donors (Lipinski definition) is 1. The summed E-state index contributed by atoms with van der Waals surface area (Å²) in [6, 6.07) is 18.0. The van der Waals surface area contributed by atoms with Crippen LogP contribution in [0, 0.1) is 11.7 Å². The van der Waals surface area contributed by atoms with Crippen LogP contribution >= 0.6 is 0 Å². The van der Waals surface area contributed by atoms with E-state index in [1.165, 1.54) is 36.3 Å². The molecule has 0 spiro atoms. The number of carbonyl (C=O) groups is 2. The summed E-state index contributed by atoms with van der Waals surface area (Å²) in [7, 11) is 1.47. The minimum atomic E-state index is -1.03. The van der Waals surface area contributed by atoms with Crippen molar-refractivity contribution in [3.63, 3.8) is 0 Å². The Hall–Kier alpha value is -4.13. The lowest BCUT2D eigenvalue weighted by molar-refractivity contribution is -0.132. The number of benzene rings is 3. The molecular formula is C28H26FNO5. The second-order valence-corrected chi connectivity index (χ2v) is 8.62. The van der Waals surface area contributed by atoms with Gasteiger partial charge in [0.25, 0.3) is 11.7 Å². The number of para-hydroxylation sites is 1. The molecule has 1 atom stereocenters. The van der Waals surface area contributed by atoms with Crippen molar-refractivity contribution in [1.82, 2.24) is 0 Å². The number of amides is 1. The van der Waals surface area contributed by atoms with Crippen molar-refractivity contribution in [2.75, 3.05) is 18.6 Å². The molecule has 1 fully saturated rings. The van der Waals surface area contributed by atoms with Gasteiger partial charge >= 0.3 is 0 Å². The third-order valence-corrected chi connectivity index (χ3v) is 5.66. The molecule has 0 bridgehead atoms. The lowest BCUT2D eigenvalue weighted by atomic mass is 9.94. The van der Waals surface area contributed by atoms with E-state index in [-0.39, 0.29) is 17.0 Å². The van der Waals surface area contributed by atoms with Gasteiger partial charge in [0.1, 0.15) is 23.1 Å². The molecule has 1 N–H and O–H groups in total. The van der Waals surface area contributed by atoms with Gasteiger partial charge in [-0.3, -0.25) is 14.5 Å². The first-order chi connectivity index (χ1) is 16.8. The van der Waals surface area contributed by atoms with E-state index < -0.39 is 23.5 Å². The standard InChI is InChI=1S/C28H26FNO5/c1-17(2)16-35-21-11-6-8-18(14-21)26(31)24-25(22-12-4-5-13-23(22)34-3)30(28(33)27(24)32)20-10-7-9-19(29)15-20/h4-15,17,25,31H,16H2,1-3H3/b26-24+. The van der Waals surface area contributed by atoms with Gasteiger partial charge in [-0.05, 0) is 42.3 Å². The number of hydrogen-bond acceptors (Lipinski definition) is 5. The van der Waals surface area contributed by atoms with Crippen molar-refractivity contribution in [1.29, 1.82) is 0 Å². The highest BCUT2D eigenvalue weighted by Gasteiger charge is 2.48. The molecule has 0 aromatic heterocycles. The summed E-state index contributed by atoms with van der Waals surface area (Å²) < 4.78 is 25.3. The smallest absolute Gasteiger partial charge is 0.300 e. The average Bonchev–Trinajstić information content (AvgIpc) is 3.12. The maximum Gasteiger partial charge on any atom is 0.300 e. The summed E-state index contributed by atoms with van der Waals surface area (Å²) in [5.74, 6) is -1.42.